The Morgan fingerprint density at radius 1 is 1.04 bits per heavy atom. The van der Waals surface area contributed by atoms with Crippen LogP contribution in [0.5, 0.6) is 0 Å². The SMILES string of the molecule is CN(CCCN1C(=O)c2ccccc2C1=O)CC(=O)Nc1ccc(Cl)c(Cl)c1. The normalized spacial score (nSPS) is 13.2. The summed E-state index contributed by atoms with van der Waals surface area (Å²) in [7, 11) is 1.80. The summed E-state index contributed by atoms with van der Waals surface area (Å²) in [5.74, 6) is -0.720. The Morgan fingerprint density at radius 2 is 1.68 bits per heavy atom. The molecule has 1 aliphatic rings. The van der Waals surface area contributed by atoms with Gasteiger partial charge in [0.25, 0.3) is 11.8 Å². The first-order valence-corrected chi connectivity index (χ1v) is 9.51. The van der Waals surface area contributed by atoms with Gasteiger partial charge in [0.1, 0.15) is 0 Å². The van der Waals surface area contributed by atoms with Crippen LogP contribution in [0.25, 0.3) is 0 Å². The van der Waals surface area contributed by atoms with E-state index in [1.807, 2.05) is 4.90 Å². The zero-order valence-corrected chi connectivity index (χ0v) is 16.8. The molecule has 0 saturated heterocycles. The molecule has 28 heavy (non-hydrogen) atoms. The number of carbonyl (C=O) groups is 3. The van der Waals surface area contributed by atoms with Gasteiger partial charge in [-0.15, -0.1) is 0 Å². The van der Waals surface area contributed by atoms with E-state index in [9.17, 15) is 14.4 Å². The molecule has 0 fully saturated rings. The van der Waals surface area contributed by atoms with Gasteiger partial charge in [-0.05, 0) is 43.8 Å². The maximum absolute atomic E-state index is 12.3. The third-order valence-electron chi connectivity index (χ3n) is 4.42. The van der Waals surface area contributed by atoms with Gasteiger partial charge in [-0.2, -0.15) is 0 Å². The van der Waals surface area contributed by atoms with Gasteiger partial charge in [-0.3, -0.25) is 24.2 Å². The van der Waals surface area contributed by atoms with Crippen molar-refractivity contribution in [2.75, 3.05) is 32.0 Å². The van der Waals surface area contributed by atoms with Crippen LogP contribution in [0.15, 0.2) is 42.5 Å². The molecule has 1 heterocycles. The van der Waals surface area contributed by atoms with E-state index < -0.39 is 0 Å². The summed E-state index contributed by atoms with van der Waals surface area (Å²) in [5, 5.41) is 3.55. The largest absolute Gasteiger partial charge is 0.325 e. The minimum atomic E-state index is -0.263. The zero-order valence-electron chi connectivity index (χ0n) is 15.2. The van der Waals surface area contributed by atoms with Gasteiger partial charge in [0.15, 0.2) is 0 Å². The Morgan fingerprint density at radius 3 is 2.29 bits per heavy atom. The number of rotatable bonds is 7. The van der Waals surface area contributed by atoms with E-state index in [2.05, 4.69) is 5.32 Å². The molecule has 0 bridgehead atoms. The Balaban J connectivity index is 1.45. The molecule has 6 nitrogen and oxygen atoms in total. The predicted molar refractivity (Wildman–Crippen MR) is 109 cm³/mol. The monoisotopic (exact) mass is 419 g/mol. The topological polar surface area (TPSA) is 69.7 Å². The van der Waals surface area contributed by atoms with Crippen LogP contribution in [0.4, 0.5) is 5.69 Å². The van der Waals surface area contributed by atoms with Crippen molar-refractivity contribution in [1.82, 2.24) is 9.80 Å². The highest BCUT2D eigenvalue weighted by atomic mass is 35.5. The number of fused-ring (bicyclic) bond motifs is 1. The number of nitrogens with one attached hydrogen (secondary N) is 1. The lowest BCUT2D eigenvalue weighted by Gasteiger charge is -2.19. The van der Waals surface area contributed by atoms with Gasteiger partial charge in [-0.1, -0.05) is 35.3 Å². The van der Waals surface area contributed by atoms with E-state index in [4.69, 9.17) is 23.2 Å². The zero-order chi connectivity index (χ0) is 20.3. The first kappa shape index (κ1) is 20.3. The van der Waals surface area contributed by atoms with Crippen molar-refractivity contribution in [2.24, 2.45) is 0 Å². The fourth-order valence-corrected chi connectivity index (χ4v) is 3.34. The van der Waals surface area contributed by atoms with E-state index in [1.165, 1.54) is 4.90 Å². The molecular formula is C20H19Cl2N3O3. The Bertz CT molecular complexity index is 898. The molecule has 2 aromatic rings. The Labute approximate surface area is 173 Å². The highest BCUT2D eigenvalue weighted by molar-refractivity contribution is 6.42. The van der Waals surface area contributed by atoms with Crippen LogP contribution in [-0.2, 0) is 4.79 Å². The number of amides is 3. The summed E-state index contributed by atoms with van der Waals surface area (Å²) in [4.78, 5) is 39.9. The molecule has 146 valence electrons. The van der Waals surface area contributed by atoms with Gasteiger partial charge < -0.3 is 5.32 Å². The minimum absolute atomic E-state index is 0.169. The lowest BCUT2D eigenvalue weighted by Crippen LogP contribution is -2.35. The summed E-state index contributed by atoms with van der Waals surface area (Å²) in [6.07, 6.45) is 0.571. The summed E-state index contributed by atoms with van der Waals surface area (Å²) >= 11 is 11.8. The molecule has 0 radical (unpaired) electrons. The number of anilines is 1. The van der Waals surface area contributed by atoms with Crippen LogP contribution in [0.1, 0.15) is 27.1 Å². The quantitative estimate of drug-likeness (QED) is 0.696. The van der Waals surface area contributed by atoms with E-state index in [-0.39, 0.29) is 24.3 Å². The molecule has 3 rings (SSSR count). The molecule has 3 amide bonds. The van der Waals surface area contributed by atoms with Crippen LogP contribution < -0.4 is 5.32 Å². The number of carbonyl (C=O) groups excluding carboxylic acids is 3. The first-order valence-electron chi connectivity index (χ1n) is 8.75. The number of hydrogen-bond donors (Lipinski definition) is 1. The molecular weight excluding hydrogens is 401 g/mol. The third-order valence-corrected chi connectivity index (χ3v) is 5.16. The molecule has 0 saturated carbocycles. The van der Waals surface area contributed by atoms with Gasteiger partial charge in [0.2, 0.25) is 5.91 Å². The molecule has 0 unspecified atom stereocenters. The minimum Gasteiger partial charge on any atom is -0.325 e. The summed E-state index contributed by atoms with van der Waals surface area (Å²) in [5.41, 5.74) is 1.46. The van der Waals surface area contributed by atoms with Gasteiger partial charge >= 0.3 is 0 Å². The van der Waals surface area contributed by atoms with Crippen LogP contribution in [0.3, 0.4) is 0 Å². The maximum Gasteiger partial charge on any atom is 0.261 e. The third kappa shape index (κ3) is 4.52. The highest BCUT2D eigenvalue weighted by Gasteiger charge is 2.34. The van der Waals surface area contributed by atoms with E-state index in [0.717, 1.165) is 0 Å². The molecule has 1 N–H and O–H groups in total. The van der Waals surface area contributed by atoms with E-state index >= 15 is 0 Å². The van der Waals surface area contributed by atoms with Crippen molar-refractivity contribution in [1.29, 1.82) is 0 Å². The van der Waals surface area contributed by atoms with Crippen molar-refractivity contribution in [3.8, 4) is 0 Å². The second-order valence-corrected chi connectivity index (χ2v) is 7.39. The van der Waals surface area contributed by atoms with Crippen molar-refractivity contribution in [2.45, 2.75) is 6.42 Å². The molecule has 0 spiro atoms. The predicted octanol–water partition coefficient (Wildman–Crippen LogP) is 3.55. The van der Waals surface area contributed by atoms with E-state index in [0.29, 0.717) is 46.4 Å². The van der Waals surface area contributed by atoms with Gasteiger partial charge in [-0.25, -0.2) is 0 Å². The second-order valence-electron chi connectivity index (χ2n) is 6.58. The fraction of sp³-hybridized carbons (Fsp3) is 0.250. The summed E-state index contributed by atoms with van der Waals surface area (Å²) in [6, 6.07) is 11.7. The van der Waals surface area contributed by atoms with Gasteiger partial charge in [0, 0.05) is 18.8 Å². The molecule has 1 aliphatic heterocycles. The van der Waals surface area contributed by atoms with Crippen molar-refractivity contribution >= 4 is 46.6 Å². The van der Waals surface area contributed by atoms with Crippen molar-refractivity contribution < 1.29 is 14.4 Å². The highest BCUT2D eigenvalue weighted by Crippen LogP contribution is 2.25. The summed E-state index contributed by atoms with van der Waals surface area (Å²) < 4.78 is 0. The average molecular weight is 420 g/mol. The lowest BCUT2D eigenvalue weighted by atomic mass is 10.1. The molecule has 8 heteroatoms. The number of benzene rings is 2. The number of likely N-dealkylation sites (N-methyl/N-ethyl adjacent to an activating group) is 1. The molecule has 0 aromatic heterocycles. The number of nitrogens with zero attached hydrogens (tertiary/aromatic N) is 2. The van der Waals surface area contributed by atoms with Crippen LogP contribution >= 0.6 is 23.2 Å². The standard InChI is InChI=1S/C20H19Cl2N3O3/c1-24(12-18(26)23-13-7-8-16(21)17(22)11-13)9-4-10-25-19(27)14-5-2-3-6-15(14)20(25)28/h2-3,5-8,11H,4,9-10,12H2,1H3,(H,23,26). The maximum atomic E-state index is 12.3. The first-order chi connectivity index (χ1) is 13.4. The number of halogens is 2. The van der Waals surface area contributed by atoms with Crippen LogP contribution in [0, 0.1) is 0 Å². The second kappa shape index (κ2) is 8.73. The molecule has 2 aromatic carbocycles. The van der Waals surface area contributed by atoms with E-state index in [1.54, 1.807) is 49.5 Å². The average Bonchev–Trinajstić information content (AvgIpc) is 2.90. The van der Waals surface area contributed by atoms with Crippen LogP contribution in [-0.4, -0.2) is 54.2 Å². The number of hydrogen-bond acceptors (Lipinski definition) is 4. The number of imide groups is 1. The van der Waals surface area contributed by atoms with Crippen molar-refractivity contribution in [3.05, 3.63) is 63.6 Å². The summed E-state index contributed by atoms with van der Waals surface area (Å²) in [6.45, 7) is 1.04. The molecule has 0 atom stereocenters. The molecule has 0 aliphatic carbocycles. The van der Waals surface area contributed by atoms with Crippen molar-refractivity contribution in [3.63, 3.8) is 0 Å². The van der Waals surface area contributed by atoms with Gasteiger partial charge in [0.05, 0.1) is 27.7 Å². The Hall–Kier alpha value is -2.41. The smallest absolute Gasteiger partial charge is 0.261 e. The Kier molecular flexibility index (Phi) is 6.34. The fourth-order valence-electron chi connectivity index (χ4n) is 3.04. The van der Waals surface area contributed by atoms with Crippen LogP contribution in [0.2, 0.25) is 10.0 Å². The lowest BCUT2D eigenvalue weighted by molar-refractivity contribution is -0.117.